The lowest BCUT2D eigenvalue weighted by Crippen LogP contribution is -2.61. The lowest BCUT2D eigenvalue weighted by molar-refractivity contribution is -0.298. The average molecular weight is 864 g/mol. The fourth-order valence-corrected chi connectivity index (χ4v) is 8.32. The minimum Gasteiger partial charge on any atom is -0.394 e. The van der Waals surface area contributed by atoms with Crippen LogP contribution >= 0.6 is 0 Å². The van der Waals surface area contributed by atoms with E-state index in [2.05, 4.69) is 23.3 Å². The third-order valence-corrected chi connectivity index (χ3v) is 12.0. The van der Waals surface area contributed by atoms with E-state index >= 15 is 0 Å². The highest BCUT2D eigenvalue weighted by Gasteiger charge is 2.48. The molecular formula is C46H89NO11S. The van der Waals surface area contributed by atoms with Crippen LogP contribution in [0.4, 0.5) is 0 Å². The molecule has 1 amide bonds. The maximum absolute atomic E-state index is 13.0. The van der Waals surface area contributed by atoms with Crippen LogP contribution < -0.4 is 5.32 Å². The molecule has 7 atom stereocenters. The molecule has 0 bridgehead atoms. The zero-order chi connectivity index (χ0) is 43.4. The molecule has 12 nitrogen and oxygen atoms in total. The Kier molecular flexibility index (Phi) is 35.4. The fraction of sp³-hybridized carbons (Fsp3) is 0.935. The van der Waals surface area contributed by atoms with Crippen molar-refractivity contribution in [3.05, 3.63) is 12.2 Å². The predicted molar refractivity (Wildman–Crippen MR) is 236 cm³/mol. The summed E-state index contributed by atoms with van der Waals surface area (Å²) in [6, 6.07) is -0.938. The van der Waals surface area contributed by atoms with Gasteiger partial charge in [-0.3, -0.25) is 9.35 Å². The van der Waals surface area contributed by atoms with E-state index in [1.54, 1.807) is 6.08 Å². The molecule has 7 unspecified atom stereocenters. The molecule has 0 saturated carbocycles. The summed E-state index contributed by atoms with van der Waals surface area (Å²) in [5, 5.41) is 44.7. The predicted octanol–water partition coefficient (Wildman–Crippen LogP) is 9.55. The highest BCUT2D eigenvalue weighted by molar-refractivity contribution is 7.80. The fourth-order valence-electron chi connectivity index (χ4n) is 7.81. The van der Waals surface area contributed by atoms with Gasteiger partial charge in [-0.2, -0.15) is 8.42 Å². The van der Waals surface area contributed by atoms with E-state index in [1.165, 1.54) is 154 Å². The second-order valence-electron chi connectivity index (χ2n) is 17.1. The van der Waals surface area contributed by atoms with Crippen LogP contribution in [0.5, 0.6) is 0 Å². The monoisotopic (exact) mass is 864 g/mol. The van der Waals surface area contributed by atoms with Crippen LogP contribution in [0.25, 0.3) is 0 Å². The van der Waals surface area contributed by atoms with Crippen molar-refractivity contribution in [2.75, 3.05) is 13.2 Å². The van der Waals surface area contributed by atoms with Crippen molar-refractivity contribution in [3.63, 3.8) is 0 Å². The molecule has 0 aromatic heterocycles. The molecule has 59 heavy (non-hydrogen) atoms. The van der Waals surface area contributed by atoms with Crippen LogP contribution in [-0.4, -0.2) is 95.4 Å². The molecule has 350 valence electrons. The maximum atomic E-state index is 13.0. The molecule has 0 spiro atoms. The molecule has 13 heteroatoms. The third kappa shape index (κ3) is 30.5. The summed E-state index contributed by atoms with van der Waals surface area (Å²) in [6.45, 7) is 3.40. The van der Waals surface area contributed by atoms with Crippen LogP contribution in [0.2, 0.25) is 0 Å². The summed E-state index contributed by atoms with van der Waals surface area (Å²) in [7, 11) is -5.08. The van der Waals surface area contributed by atoms with E-state index in [1.807, 2.05) is 6.08 Å². The lowest BCUT2D eigenvalue weighted by atomic mass is 9.99. The number of unbranched alkanes of at least 4 members (excludes halogenated alkanes) is 29. The smallest absolute Gasteiger partial charge is 0.394 e. The molecule has 1 fully saturated rings. The summed E-state index contributed by atoms with van der Waals surface area (Å²) in [5.41, 5.74) is 0. The van der Waals surface area contributed by atoms with E-state index in [9.17, 15) is 38.2 Å². The number of amides is 1. The highest BCUT2D eigenvalue weighted by Crippen LogP contribution is 2.26. The number of aliphatic hydroxyl groups excluding tert-OH is 4. The first-order valence-corrected chi connectivity index (χ1v) is 25.4. The Balaban J connectivity index is 2.49. The topological polar surface area (TPSA) is 192 Å². The summed E-state index contributed by atoms with van der Waals surface area (Å²) < 4.78 is 47.6. The van der Waals surface area contributed by atoms with Gasteiger partial charge < -0.3 is 35.2 Å². The molecule has 0 aliphatic carbocycles. The SMILES string of the molecule is CCCCCCCCCCCCCCCCCCC/C=C/C(O)C(COC1OC(CO)C(O)C(OS(=O)(=O)O)C1O)NC(=O)CCCCCCCCCCCCCCC. The van der Waals surface area contributed by atoms with Crippen molar-refractivity contribution in [2.45, 2.75) is 262 Å². The number of nitrogens with one attached hydrogen (secondary N) is 1. The Bertz CT molecular complexity index is 1110. The number of ether oxygens (including phenoxy) is 2. The number of rotatable bonds is 41. The molecule has 0 aromatic rings. The quantitative estimate of drug-likeness (QED) is 0.0195. The number of hydrogen-bond donors (Lipinski definition) is 6. The Morgan fingerprint density at radius 2 is 1.07 bits per heavy atom. The number of carbonyl (C=O) groups is 1. The molecule has 1 aliphatic rings. The first-order valence-electron chi connectivity index (χ1n) is 24.1. The summed E-state index contributed by atoms with van der Waals surface area (Å²) in [5.74, 6) is -0.261. The van der Waals surface area contributed by atoms with Crippen LogP contribution in [0.1, 0.15) is 219 Å². The van der Waals surface area contributed by atoms with Crippen molar-refractivity contribution >= 4 is 16.3 Å². The largest absolute Gasteiger partial charge is 0.397 e. The minimum atomic E-state index is -5.08. The van der Waals surface area contributed by atoms with E-state index in [4.69, 9.17) is 9.47 Å². The van der Waals surface area contributed by atoms with Gasteiger partial charge in [-0.1, -0.05) is 206 Å². The Labute approximate surface area is 360 Å². The van der Waals surface area contributed by atoms with Gasteiger partial charge in [0.15, 0.2) is 6.29 Å². The van der Waals surface area contributed by atoms with E-state index in [-0.39, 0.29) is 18.9 Å². The van der Waals surface area contributed by atoms with Gasteiger partial charge in [0.25, 0.3) is 0 Å². The van der Waals surface area contributed by atoms with Gasteiger partial charge in [-0.05, 0) is 19.3 Å². The zero-order valence-electron chi connectivity index (χ0n) is 37.3. The Morgan fingerprint density at radius 1 is 0.661 bits per heavy atom. The molecule has 0 radical (unpaired) electrons. The van der Waals surface area contributed by atoms with Crippen molar-refractivity contribution < 1.29 is 51.8 Å². The normalized spacial score (nSPS) is 21.0. The summed E-state index contributed by atoms with van der Waals surface area (Å²) >= 11 is 0. The standard InChI is InChI=1S/C46H89NO11S/c1-3-5-7-9-11-13-15-17-18-19-20-21-22-24-25-27-29-31-33-35-40(49)39(38-56-46-44(52)45(58-59(53,54)55)43(51)41(37-48)57-46)47-42(50)36-34-32-30-28-26-23-16-14-12-10-8-6-4-2/h33,35,39-41,43-46,48-49,51-52H,3-32,34,36-38H2,1-2H3,(H,47,50)(H,53,54,55)/b35-33+. The summed E-state index contributed by atoms with van der Waals surface area (Å²) in [6.07, 6.45) is 32.5. The molecule has 6 N–H and O–H groups in total. The van der Waals surface area contributed by atoms with Gasteiger partial charge in [0.2, 0.25) is 5.91 Å². The molecule has 1 rings (SSSR count). The van der Waals surface area contributed by atoms with Gasteiger partial charge >= 0.3 is 10.4 Å². The molecule has 1 heterocycles. The van der Waals surface area contributed by atoms with Gasteiger partial charge in [0.1, 0.15) is 24.4 Å². The number of aliphatic hydroxyl groups is 4. The first-order chi connectivity index (χ1) is 28.5. The van der Waals surface area contributed by atoms with Crippen LogP contribution in [0.3, 0.4) is 0 Å². The highest BCUT2D eigenvalue weighted by atomic mass is 32.3. The summed E-state index contributed by atoms with van der Waals surface area (Å²) in [4.78, 5) is 13.0. The van der Waals surface area contributed by atoms with Gasteiger partial charge in [-0.15, -0.1) is 0 Å². The van der Waals surface area contributed by atoms with Crippen molar-refractivity contribution in [1.82, 2.24) is 5.32 Å². The van der Waals surface area contributed by atoms with Crippen molar-refractivity contribution in [3.8, 4) is 0 Å². The second-order valence-corrected chi connectivity index (χ2v) is 18.1. The maximum Gasteiger partial charge on any atom is 0.397 e. The number of hydrogen-bond acceptors (Lipinski definition) is 10. The first kappa shape index (κ1) is 55.9. The van der Waals surface area contributed by atoms with Gasteiger partial charge in [-0.25, -0.2) is 4.18 Å². The average Bonchev–Trinajstić information content (AvgIpc) is 3.20. The van der Waals surface area contributed by atoms with E-state index < -0.39 is 59.9 Å². The van der Waals surface area contributed by atoms with Crippen molar-refractivity contribution in [1.29, 1.82) is 0 Å². The molecule has 1 saturated heterocycles. The Morgan fingerprint density at radius 3 is 1.47 bits per heavy atom. The molecule has 1 aliphatic heterocycles. The third-order valence-electron chi connectivity index (χ3n) is 11.6. The zero-order valence-corrected chi connectivity index (χ0v) is 38.1. The van der Waals surface area contributed by atoms with Gasteiger partial charge in [0.05, 0.1) is 25.4 Å². The van der Waals surface area contributed by atoms with Gasteiger partial charge in [0, 0.05) is 6.42 Å². The molecular weight excluding hydrogens is 775 g/mol. The number of allylic oxidation sites excluding steroid dienone is 1. The van der Waals surface area contributed by atoms with Crippen LogP contribution in [0.15, 0.2) is 12.2 Å². The van der Waals surface area contributed by atoms with E-state index in [0.717, 1.165) is 38.5 Å². The second kappa shape index (κ2) is 37.4. The lowest BCUT2D eigenvalue weighted by Gasteiger charge is -2.41. The van der Waals surface area contributed by atoms with Crippen LogP contribution in [-0.2, 0) is 28.9 Å². The van der Waals surface area contributed by atoms with Crippen LogP contribution in [0, 0.1) is 0 Å². The van der Waals surface area contributed by atoms with E-state index in [0.29, 0.717) is 6.42 Å². The van der Waals surface area contributed by atoms with Crippen molar-refractivity contribution in [2.24, 2.45) is 0 Å². The number of carbonyl (C=O) groups excluding carboxylic acids is 1. The Hall–Kier alpha value is -1.16. The minimum absolute atomic E-state index is 0.261. The molecule has 0 aromatic carbocycles.